The average Bonchev–Trinajstić information content (AvgIpc) is 2.67. The minimum absolute atomic E-state index is 0.0681. The van der Waals surface area contributed by atoms with E-state index in [-0.39, 0.29) is 10.8 Å². The lowest BCUT2D eigenvalue weighted by Crippen LogP contribution is -2.19. The number of hydrogen-bond acceptors (Lipinski definition) is 3. The Morgan fingerprint density at radius 3 is 2.50 bits per heavy atom. The number of aromatic nitrogens is 1. The summed E-state index contributed by atoms with van der Waals surface area (Å²) in [5.41, 5.74) is 0.477. The predicted molar refractivity (Wildman–Crippen MR) is 114 cm³/mol. The molecule has 3 rings (SSSR count). The lowest BCUT2D eigenvalue weighted by Gasteiger charge is -2.13. The van der Waals surface area contributed by atoms with Crippen molar-refractivity contribution in [3.05, 3.63) is 82.1 Å². The lowest BCUT2D eigenvalue weighted by atomic mass is 10.2. The zero-order valence-corrected chi connectivity index (χ0v) is 17.5. The third kappa shape index (κ3) is 6.04. The van der Waals surface area contributed by atoms with E-state index in [2.05, 4.69) is 15.6 Å². The Morgan fingerprint density at radius 2 is 1.80 bits per heavy atom. The number of para-hydroxylation sites is 1. The van der Waals surface area contributed by atoms with Crippen LogP contribution < -0.4 is 10.6 Å². The molecule has 0 aliphatic rings. The first-order chi connectivity index (χ1) is 14.2. The van der Waals surface area contributed by atoms with E-state index in [9.17, 15) is 18.0 Å². The van der Waals surface area contributed by atoms with Gasteiger partial charge in [-0.3, -0.25) is 4.98 Å². The van der Waals surface area contributed by atoms with Gasteiger partial charge in [-0.2, -0.15) is 13.2 Å². The van der Waals surface area contributed by atoms with Gasteiger partial charge in [-0.15, -0.1) is 11.8 Å². The molecule has 2 amide bonds. The van der Waals surface area contributed by atoms with Gasteiger partial charge >= 0.3 is 12.2 Å². The quantitative estimate of drug-likeness (QED) is 0.382. The first-order valence-corrected chi connectivity index (χ1v) is 10.2. The number of anilines is 2. The van der Waals surface area contributed by atoms with Crippen molar-refractivity contribution in [3.8, 4) is 0 Å². The van der Waals surface area contributed by atoms with Crippen molar-refractivity contribution >= 4 is 52.4 Å². The number of amides is 2. The molecule has 2 N–H and O–H groups in total. The number of urea groups is 1. The van der Waals surface area contributed by atoms with Crippen LogP contribution in [0.2, 0.25) is 10.0 Å². The Hall–Kier alpha value is -2.42. The summed E-state index contributed by atoms with van der Waals surface area (Å²) in [5.74, 6) is 0.228. The van der Waals surface area contributed by atoms with Gasteiger partial charge in [0, 0.05) is 27.6 Å². The Morgan fingerprint density at radius 1 is 1.03 bits per heavy atom. The molecule has 2 aromatic carbocycles. The molecule has 10 heteroatoms. The van der Waals surface area contributed by atoms with Gasteiger partial charge in [0.05, 0.1) is 22.0 Å². The normalized spacial score (nSPS) is 11.2. The molecule has 0 fully saturated rings. The number of benzene rings is 2. The first-order valence-electron chi connectivity index (χ1n) is 8.49. The number of carbonyl (C=O) groups excluding carboxylic acids is 1. The summed E-state index contributed by atoms with van der Waals surface area (Å²) < 4.78 is 38.2. The molecule has 4 nitrogen and oxygen atoms in total. The van der Waals surface area contributed by atoms with Gasteiger partial charge in [-0.1, -0.05) is 41.4 Å². The van der Waals surface area contributed by atoms with Gasteiger partial charge in [0.2, 0.25) is 0 Å². The molecular weight excluding hydrogens is 458 g/mol. The smallest absolute Gasteiger partial charge is 0.308 e. The van der Waals surface area contributed by atoms with Crippen LogP contribution in [0.25, 0.3) is 0 Å². The monoisotopic (exact) mass is 471 g/mol. The van der Waals surface area contributed by atoms with E-state index < -0.39 is 17.8 Å². The van der Waals surface area contributed by atoms with Crippen molar-refractivity contribution < 1.29 is 18.0 Å². The Labute approximate surface area is 184 Å². The second-order valence-electron chi connectivity index (χ2n) is 6.02. The molecular formula is C20H14Cl2F3N3OS. The van der Waals surface area contributed by atoms with Gasteiger partial charge < -0.3 is 10.6 Å². The molecule has 30 heavy (non-hydrogen) atoms. The van der Waals surface area contributed by atoms with E-state index in [4.69, 9.17) is 23.2 Å². The number of hydrogen-bond donors (Lipinski definition) is 2. The van der Waals surface area contributed by atoms with Crippen LogP contribution in [0.3, 0.4) is 0 Å². The van der Waals surface area contributed by atoms with Crippen LogP contribution in [-0.2, 0) is 11.9 Å². The molecule has 0 saturated carbocycles. The molecule has 0 aliphatic heterocycles. The van der Waals surface area contributed by atoms with E-state index in [1.807, 2.05) is 0 Å². The molecule has 0 bridgehead atoms. The Kier molecular flexibility index (Phi) is 7.12. The number of alkyl halides is 3. The maximum absolute atomic E-state index is 12.7. The van der Waals surface area contributed by atoms with Gasteiger partial charge in [-0.25, -0.2) is 4.79 Å². The van der Waals surface area contributed by atoms with Crippen LogP contribution in [0.1, 0.15) is 11.3 Å². The van der Waals surface area contributed by atoms with Crippen molar-refractivity contribution in [2.24, 2.45) is 0 Å². The van der Waals surface area contributed by atoms with Crippen LogP contribution in [-0.4, -0.2) is 11.0 Å². The Balaban J connectivity index is 1.68. The molecule has 1 aromatic heterocycles. The number of thioether (sulfide) groups is 1. The van der Waals surface area contributed by atoms with Crippen LogP contribution in [0, 0.1) is 0 Å². The second-order valence-corrected chi connectivity index (χ2v) is 7.89. The third-order valence-electron chi connectivity index (χ3n) is 3.83. The molecule has 0 atom stereocenters. The largest absolute Gasteiger partial charge is 0.417 e. The summed E-state index contributed by atoms with van der Waals surface area (Å²) >= 11 is 13.2. The maximum atomic E-state index is 12.7. The predicted octanol–water partition coefficient (Wildman–Crippen LogP) is 7.34. The fraction of sp³-hybridized carbons (Fsp3) is 0.100. The van der Waals surface area contributed by atoms with Gasteiger partial charge in [0.1, 0.15) is 0 Å². The van der Waals surface area contributed by atoms with Crippen LogP contribution in [0.5, 0.6) is 0 Å². The topological polar surface area (TPSA) is 54.0 Å². The second kappa shape index (κ2) is 9.59. The fourth-order valence-electron chi connectivity index (χ4n) is 2.42. The average molecular weight is 472 g/mol. The number of nitrogens with one attached hydrogen (secondary N) is 2. The van der Waals surface area contributed by atoms with Crippen LogP contribution in [0.15, 0.2) is 65.7 Å². The number of rotatable bonds is 5. The lowest BCUT2D eigenvalue weighted by molar-refractivity contribution is -0.137. The number of pyridine rings is 1. The fourth-order valence-corrected chi connectivity index (χ4v) is 3.89. The molecule has 1 heterocycles. The zero-order valence-electron chi connectivity index (χ0n) is 15.1. The van der Waals surface area contributed by atoms with E-state index in [0.717, 1.165) is 12.3 Å². The van der Waals surface area contributed by atoms with Gasteiger partial charge in [0.25, 0.3) is 0 Å². The summed E-state index contributed by atoms with van der Waals surface area (Å²) in [6.07, 6.45) is -3.75. The highest BCUT2D eigenvalue weighted by Crippen LogP contribution is 2.34. The number of carbonyl (C=O) groups is 1. The molecule has 0 aliphatic carbocycles. The SMILES string of the molecule is O=C(Nc1cccc(Cl)c1)Nc1ccccc1SCc1ncc(C(F)(F)F)cc1Cl. The molecule has 0 unspecified atom stereocenters. The molecule has 3 aromatic rings. The molecule has 156 valence electrons. The van der Waals surface area contributed by atoms with Gasteiger partial charge in [-0.05, 0) is 36.4 Å². The van der Waals surface area contributed by atoms with Crippen LogP contribution in [0.4, 0.5) is 29.3 Å². The summed E-state index contributed by atoms with van der Waals surface area (Å²) in [6.45, 7) is 0. The van der Waals surface area contributed by atoms with Crippen molar-refractivity contribution in [1.82, 2.24) is 4.98 Å². The van der Waals surface area contributed by atoms with Crippen LogP contribution >= 0.6 is 35.0 Å². The highest BCUT2D eigenvalue weighted by Gasteiger charge is 2.31. The molecule has 0 radical (unpaired) electrons. The maximum Gasteiger partial charge on any atom is 0.417 e. The molecule has 0 spiro atoms. The highest BCUT2D eigenvalue weighted by molar-refractivity contribution is 7.98. The minimum Gasteiger partial charge on any atom is -0.308 e. The van der Waals surface area contributed by atoms with Crippen molar-refractivity contribution in [3.63, 3.8) is 0 Å². The summed E-state index contributed by atoms with van der Waals surface area (Å²) in [4.78, 5) is 16.8. The van der Waals surface area contributed by atoms with E-state index >= 15 is 0 Å². The minimum atomic E-state index is -4.50. The van der Waals surface area contributed by atoms with Crippen molar-refractivity contribution in [2.45, 2.75) is 16.8 Å². The number of nitrogens with zero attached hydrogens (tertiary/aromatic N) is 1. The van der Waals surface area contributed by atoms with E-state index in [1.54, 1.807) is 48.5 Å². The third-order valence-corrected chi connectivity index (χ3v) is 5.47. The summed E-state index contributed by atoms with van der Waals surface area (Å²) in [6, 6.07) is 14.1. The standard InChI is InChI=1S/C20H14Cl2F3N3OS/c21-13-4-3-5-14(9-13)27-19(29)28-16-6-1-2-7-18(16)30-11-17-15(22)8-12(10-26-17)20(23,24)25/h1-10H,11H2,(H2,27,28,29). The summed E-state index contributed by atoms with van der Waals surface area (Å²) in [5, 5.41) is 5.84. The zero-order chi connectivity index (χ0) is 21.7. The number of halogens is 5. The van der Waals surface area contributed by atoms with Crippen molar-refractivity contribution in [1.29, 1.82) is 0 Å². The molecule has 0 saturated heterocycles. The first kappa shape index (κ1) is 22.3. The Bertz CT molecular complexity index is 1060. The van der Waals surface area contributed by atoms with E-state index in [1.165, 1.54) is 11.8 Å². The van der Waals surface area contributed by atoms with Crippen molar-refractivity contribution in [2.75, 3.05) is 10.6 Å². The highest BCUT2D eigenvalue weighted by atomic mass is 35.5. The summed E-state index contributed by atoms with van der Waals surface area (Å²) in [7, 11) is 0. The van der Waals surface area contributed by atoms with E-state index in [0.29, 0.717) is 27.0 Å². The van der Waals surface area contributed by atoms with Gasteiger partial charge in [0.15, 0.2) is 0 Å².